The number of ether oxygens (including phenoxy) is 1. The highest BCUT2D eigenvalue weighted by atomic mass is 16.5. The van der Waals surface area contributed by atoms with Gasteiger partial charge in [0.2, 0.25) is 5.91 Å². The fourth-order valence-electron chi connectivity index (χ4n) is 2.34. The molecule has 128 valence electrons. The number of carbonyl (C=O) groups excluding carboxylic acids is 1. The molecule has 1 N–H and O–H groups in total. The van der Waals surface area contributed by atoms with Crippen LogP contribution in [-0.2, 0) is 9.53 Å². The topological polar surface area (TPSA) is 51.2 Å². The van der Waals surface area contributed by atoms with E-state index in [9.17, 15) is 4.79 Å². The molecule has 0 unspecified atom stereocenters. The van der Waals surface area contributed by atoms with Crippen molar-refractivity contribution in [1.82, 2.24) is 10.3 Å². The first-order valence-corrected chi connectivity index (χ1v) is 8.45. The SMILES string of the molecule is CC(C)CCO[C@H](C)C(=O)N[C@H](c1ccccc1)c1ccccn1. The van der Waals surface area contributed by atoms with Crippen LogP contribution in [0.5, 0.6) is 0 Å². The van der Waals surface area contributed by atoms with Crippen molar-refractivity contribution in [2.24, 2.45) is 5.92 Å². The number of rotatable bonds is 8. The van der Waals surface area contributed by atoms with Crippen LogP contribution in [0.2, 0.25) is 0 Å². The minimum atomic E-state index is -0.487. The third-order valence-electron chi connectivity index (χ3n) is 3.84. The molecule has 2 rings (SSSR count). The van der Waals surface area contributed by atoms with Crippen LogP contribution < -0.4 is 5.32 Å². The summed E-state index contributed by atoms with van der Waals surface area (Å²) in [5.41, 5.74) is 1.81. The van der Waals surface area contributed by atoms with Crippen molar-refractivity contribution in [1.29, 1.82) is 0 Å². The zero-order chi connectivity index (χ0) is 17.4. The van der Waals surface area contributed by atoms with Crippen molar-refractivity contribution in [2.75, 3.05) is 6.61 Å². The summed E-state index contributed by atoms with van der Waals surface area (Å²) in [6.07, 6.45) is 2.19. The lowest BCUT2D eigenvalue weighted by atomic mass is 10.0. The van der Waals surface area contributed by atoms with Gasteiger partial charge in [-0.05, 0) is 37.0 Å². The molecule has 0 radical (unpaired) electrons. The van der Waals surface area contributed by atoms with Gasteiger partial charge in [0.15, 0.2) is 0 Å². The van der Waals surface area contributed by atoms with Crippen LogP contribution in [-0.4, -0.2) is 23.6 Å². The third kappa shape index (κ3) is 5.46. The lowest BCUT2D eigenvalue weighted by molar-refractivity contribution is -0.132. The summed E-state index contributed by atoms with van der Waals surface area (Å²) in [4.78, 5) is 16.9. The fraction of sp³-hybridized carbons (Fsp3) is 0.400. The Kier molecular flexibility index (Phi) is 6.94. The molecule has 2 atom stereocenters. The predicted molar refractivity (Wildman–Crippen MR) is 95.5 cm³/mol. The first-order chi connectivity index (χ1) is 11.6. The maximum Gasteiger partial charge on any atom is 0.249 e. The molecule has 1 heterocycles. The van der Waals surface area contributed by atoms with E-state index < -0.39 is 6.10 Å². The number of carbonyl (C=O) groups is 1. The second-order valence-corrected chi connectivity index (χ2v) is 6.30. The van der Waals surface area contributed by atoms with Gasteiger partial charge in [-0.25, -0.2) is 0 Å². The first kappa shape index (κ1) is 18.1. The van der Waals surface area contributed by atoms with Gasteiger partial charge in [0, 0.05) is 12.8 Å². The normalized spacial score (nSPS) is 13.5. The molecule has 0 saturated carbocycles. The standard InChI is InChI=1S/C20H26N2O2/c1-15(2)12-14-24-16(3)20(23)22-19(17-9-5-4-6-10-17)18-11-7-8-13-21-18/h4-11,13,15-16,19H,12,14H2,1-3H3,(H,22,23)/t16-,19-/m1/s1. The van der Waals surface area contributed by atoms with E-state index in [2.05, 4.69) is 24.1 Å². The van der Waals surface area contributed by atoms with Gasteiger partial charge in [-0.2, -0.15) is 0 Å². The van der Waals surface area contributed by atoms with Gasteiger partial charge in [-0.15, -0.1) is 0 Å². The van der Waals surface area contributed by atoms with Crippen molar-refractivity contribution in [2.45, 2.75) is 39.3 Å². The minimum absolute atomic E-state index is 0.127. The summed E-state index contributed by atoms with van der Waals surface area (Å²) < 4.78 is 5.65. The van der Waals surface area contributed by atoms with Crippen molar-refractivity contribution in [3.05, 3.63) is 66.0 Å². The van der Waals surface area contributed by atoms with E-state index in [1.54, 1.807) is 13.1 Å². The summed E-state index contributed by atoms with van der Waals surface area (Å²) in [5.74, 6) is 0.434. The molecule has 0 bridgehead atoms. The van der Waals surface area contributed by atoms with Gasteiger partial charge in [-0.3, -0.25) is 9.78 Å². The number of pyridine rings is 1. The number of aromatic nitrogens is 1. The Bertz CT molecular complexity index is 575. The smallest absolute Gasteiger partial charge is 0.249 e. The second-order valence-electron chi connectivity index (χ2n) is 6.30. The van der Waals surface area contributed by atoms with Gasteiger partial charge in [0.25, 0.3) is 0 Å². The number of hydrogen-bond donors (Lipinski definition) is 1. The lowest BCUT2D eigenvalue weighted by Crippen LogP contribution is -2.38. The average Bonchev–Trinajstić information content (AvgIpc) is 2.60. The number of nitrogens with one attached hydrogen (secondary N) is 1. The molecule has 0 spiro atoms. The van der Waals surface area contributed by atoms with Gasteiger partial charge in [0.1, 0.15) is 6.10 Å². The van der Waals surface area contributed by atoms with Gasteiger partial charge in [0.05, 0.1) is 11.7 Å². The fourth-order valence-corrected chi connectivity index (χ4v) is 2.34. The zero-order valence-corrected chi connectivity index (χ0v) is 14.6. The molecule has 2 aromatic rings. The molecule has 4 heteroatoms. The van der Waals surface area contributed by atoms with Crippen LogP contribution in [0.1, 0.15) is 44.5 Å². The zero-order valence-electron chi connectivity index (χ0n) is 14.6. The minimum Gasteiger partial charge on any atom is -0.369 e. The molecular weight excluding hydrogens is 300 g/mol. The Morgan fingerprint density at radius 2 is 1.79 bits per heavy atom. The molecule has 1 aromatic carbocycles. The highest BCUT2D eigenvalue weighted by Crippen LogP contribution is 2.20. The van der Waals surface area contributed by atoms with Crippen molar-refractivity contribution < 1.29 is 9.53 Å². The monoisotopic (exact) mass is 326 g/mol. The summed E-state index contributed by atoms with van der Waals surface area (Å²) >= 11 is 0. The molecule has 1 amide bonds. The molecule has 0 aliphatic rings. The molecule has 4 nitrogen and oxygen atoms in total. The first-order valence-electron chi connectivity index (χ1n) is 8.45. The maximum atomic E-state index is 12.5. The van der Waals surface area contributed by atoms with E-state index >= 15 is 0 Å². The maximum absolute atomic E-state index is 12.5. The summed E-state index contributed by atoms with van der Waals surface area (Å²) in [6, 6.07) is 15.3. The summed E-state index contributed by atoms with van der Waals surface area (Å²) in [5, 5.41) is 3.06. The Labute approximate surface area is 144 Å². The molecule has 0 aliphatic carbocycles. The molecular formula is C20H26N2O2. The van der Waals surface area contributed by atoms with Gasteiger partial charge < -0.3 is 10.1 Å². The highest BCUT2D eigenvalue weighted by Gasteiger charge is 2.21. The number of nitrogens with zero attached hydrogens (tertiary/aromatic N) is 1. The van der Waals surface area contributed by atoms with Crippen LogP contribution in [0.15, 0.2) is 54.7 Å². The molecule has 0 fully saturated rings. The van der Waals surface area contributed by atoms with E-state index in [1.165, 1.54) is 0 Å². The summed E-state index contributed by atoms with van der Waals surface area (Å²) in [7, 11) is 0. The molecule has 0 saturated heterocycles. The molecule has 0 aliphatic heterocycles. The van der Waals surface area contributed by atoms with Crippen LogP contribution in [0.4, 0.5) is 0 Å². The number of hydrogen-bond acceptors (Lipinski definition) is 3. The van der Waals surface area contributed by atoms with E-state index in [0.717, 1.165) is 17.7 Å². The average molecular weight is 326 g/mol. The van der Waals surface area contributed by atoms with E-state index in [1.807, 2.05) is 48.5 Å². The van der Waals surface area contributed by atoms with Crippen LogP contribution >= 0.6 is 0 Å². The van der Waals surface area contributed by atoms with Crippen molar-refractivity contribution in [3.63, 3.8) is 0 Å². The number of amides is 1. The van der Waals surface area contributed by atoms with Gasteiger partial charge in [-0.1, -0.05) is 50.2 Å². The molecule has 1 aromatic heterocycles. The van der Waals surface area contributed by atoms with Gasteiger partial charge >= 0.3 is 0 Å². The van der Waals surface area contributed by atoms with E-state index in [-0.39, 0.29) is 11.9 Å². The van der Waals surface area contributed by atoms with E-state index in [0.29, 0.717) is 12.5 Å². The van der Waals surface area contributed by atoms with Crippen molar-refractivity contribution in [3.8, 4) is 0 Å². The van der Waals surface area contributed by atoms with E-state index in [4.69, 9.17) is 4.74 Å². The van der Waals surface area contributed by atoms with Crippen LogP contribution in [0, 0.1) is 5.92 Å². The number of benzene rings is 1. The Morgan fingerprint density at radius 1 is 1.08 bits per heavy atom. The summed E-state index contributed by atoms with van der Waals surface area (Å²) in [6.45, 7) is 6.66. The lowest BCUT2D eigenvalue weighted by Gasteiger charge is -2.21. The largest absolute Gasteiger partial charge is 0.369 e. The van der Waals surface area contributed by atoms with Crippen LogP contribution in [0.3, 0.4) is 0 Å². The predicted octanol–water partition coefficient (Wildman–Crippen LogP) is 3.74. The Morgan fingerprint density at radius 3 is 2.42 bits per heavy atom. The highest BCUT2D eigenvalue weighted by molar-refractivity contribution is 5.81. The van der Waals surface area contributed by atoms with Crippen LogP contribution in [0.25, 0.3) is 0 Å². The quantitative estimate of drug-likeness (QED) is 0.804. The third-order valence-corrected chi connectivity index (χ3v) is 3.84. The Hall–Kier alpha value is -2.20. The second kappa shape index (κ2) is 9.18. The Balaban J connectivity index is 2.07. The van der Waals surface area contributed by atoms with Crippen molar-refractivity contribution >= 4 is 5.91 Å². The molecule has 24 heavy (non-hydrogen) atoms.